The van der Waals surface area contributed by atoms with Crippen molar-refractivity contribution in [3.05, 3.63) is 60.2 Å². The van der Waals surface area contributed by atoms with Crippen LogP contribution in [-0.2, 0) is 16.1 Å². The molecule has 2 rings (SSSR count). The fraction of sp³-hybridized carbons (Fsp3) is 0.333. The molecule has 6 nitrogen and oxygen atoms in total. The minimum Gasteiger partial charge on any atom is -0.495 e. The lowest BCUT2D eigenvalue weighted by atomic mass is 10.2. The van der Waals surface area contributed by atoms with E-state index >= 15 is 0 Å². The van der Waals surface area contributed by atoms with Crippen LogP contribution >= 0.6 is 0 Å². The fourth-order valence-electron chi connectivity index (χ4n) is 2.85. The average Bonchev–Trinajstić information content (AvgIpc) is 2.67. The lowest BCUT2D eigenvalue weighted by molar-refractivity contribution is -0.883. The van der Waals surface area contributed by atoms with Gasteiger partial charge in [-0.05, 0) is 24.1 Å². The largest absolute Gasteiger partial charge is 0.495 e. The molecule has 0 aliphatic carbocycles. The van der Waals surface area contributed by atoms with Crippen LogP contribution in [0, 0.1) is 0 Å². The van der Waals surface area contributed by atoms with Crippen LogP contribution in [0.25, 0.3) is 0 Å². The highest BCUT2D eigenvalue weighted by molar-refractivity contribution is 5.93. The summed E-state index contributed by atoms with van der Waals surface area (Å²) in [7, 11) is 1.57. The van der Waals surface area contributed by atoms with Crippen molar-refractivity contribution in [1.29, 1.82) is 0 Å². The maximum Gasteiger partial charge on any atom is 0.279 e. The van der Waals surface area contributed by atoms with Gasteiger partial charge >= 0.3 is 0 Å². The molecule has 0 saturated carbocycles. The van der Waals surface area contributed by atoms with Crippen molar-refractivity contribution in [3.63, 3.8) is 0 Å². The topological polar surface area (TPSA) is 71.9 Å². The standard InChI is InChI=1S/C21H27N3O3/c1-3-13-24(15-20(25)22-14-17-9-5-4-6-10-17)16-21(26)23-18-11-7-8-12-19(18)27-2/h4-12H,3,13-16H2,1-2H3,(H,22,25)(H,23,26)/p+1. The molecule has 0 spiro atoms. The van der Waals surface area contributed by atoms with Crippen LogP contribution in [0.15, 0.2) is 54.6 Å². The highest BCUT2D eigenvalue weighted by Gasteiger charge is 2.18. The van der Waals surface area contributed by atoms with E-state index in [9.17, 15) is 9.59 Å². The van der Waals surface area contributed by atoms with Crippen molar-refractivity contribution >= 4 is 17.5 Å². The monoisotopic (exact) mass is 370 g/mol. The Labute approximate surface area is 160 Å². The number of anilines is 1. The number of quaternary nitrogens is 1. The van der Waals surface area contributed by atoms with Gasteiger partial charge < -0.3 is 20.3 Å². The summed E-state index contributed by atoms with van der Waals surface area (Å²) >= 11 is 0. The summed E-state index contributed by atoms with van der Waals surface area (Å²) in [5.41, 5.74) is 1.69. The summed E-state index contributed by atoms with van der Waals surface area (Å²) in [5.74, 6) is 0.412. The first-order valence-electron chi connectivity index (χ1n) is 9.19. The van der Waals surface area contributed by atoms with E-state index in [0.717, 1.165) is 23.4 Å². The number of para-hydroxylation sites is 2. The molecule has 0 aromatic heterocycles. The number of nitrogens with one attached hydrogen (secondary N) is 3. The van der Waals surface area contributed by atoms with E-state index in [1.54, 1.807) is 19.2 Å². The molecule has 0 aliphatic rings. The third-order valence-electron chi connectivity index (χ3n) is 4.14. The van der Waals surface area contributed by atoms with Gasteiger partial charge in [0.15, 0.2) is 13.1 Å². The summed E-state index contributed by atoms with van der Waals surface area (Å²) in [5, 5.41) is 5.78. The molecule has 27 heavy (non-hydrogen) atoms. The van der Waals surface area contributed by atoms with E-state index in [1.807, 2.05) is 49.4 Å². The van der Waals surface area contributed by atoms with Gasteiger partial charge in [0, 0.05) is 6.54 Å². The van der Waals surface area contributed by atoms with E-state index < -0.39 is 0 Å². The molecule has 1 unspecified atom stereocenters. The first-order chi connectivity index (χ1) is 13.1. The van der Waals surface area contributed by atoms with E-state index in [4.69, 9.17) is 4.74 Å². The molecule has 0 fully saturated rings. The number of rotatable bonds is 10. The lowest BCUT2D eigenvalue weighted by Gasteiger charge is -2.18. The number of methoxy groups -OCH3 is 1. The molecular weight excluding hydrogens is 342 g/mol. The maximum atomic E-state index is 12.4. The van der Waals surface area contributed by atoms with E-state index in [-0.39, 0.29) is 24.9 Å². The molecule has 0 saturated heterocycles. The molecule has 0 aliphatic heterocycles. The zero-order chi connectivity index (χ0) is 19.5. The van der Waals surface area contributed by atoms with Crippen LogP contribution in [0.2, 0.25) is 0 Å². The second-order valence-corrected chi connectivity index (χ2v) is 6.36. The molecule has 0 heterocycles. The Morgan fingerprint density at radius 2 is 1.63 bits per heavy atom. The van der Waals surface area contributed by atoms with Crippen molar-refractivity contribution in [2.24, 2.45) is 0 Å². The van der Waals surface area contributed by atoms with Gasteiger partial charge in [0.1, 0.15) is 5.75 Å². The zero-order valence-electron chi connectivity index (χ0n) is 16.0. The Bertz CT molecular complexity index is 734. The minimum absolute atomic E-state index is 0.0626. The van der Waals surface area contributed by atoms with Gasteiger partial charge in [-0.15, -0.1) is 0 Å². The molecule has 2 aromatic carbocycles. The van der Waals surface area contributed by atoms with Gasteiger partial charge in [-0.3, -0.25) is 9.59 Å². The number of amides is 2. The van der Waals surface area contributed by atoms with Crippen molar-refractivity contribution < 1.29 is 19.2 Å². The zero-order valence-corrected chi connectivity index (χ0v) is 16.0. The molecular formula is C21H28N3O3+. The molecule has 6 heteroatoms. The predicted octanol–water partition coefficient (Wildman–Crippen LogP) is 1.25. The van der Waals surface area contributed by atoms with Gasteiger partial charge in [0.2, 0.25) is 0 Å². The quantitative estimate of drug-likeness (QED) is 0.589. The Morgan fingerprint density at radius 3 is 2.33 bits per heavy atom. The number of carbonyl (C=O) groups excluding carboxylic acids is 2. The second kappa shape index (κ2) is 11.0. The van der Waals surface area contributed by atoms with Crippen molar-refractivity contribution in [3.8, 4) is 5.75 Å². The maximum absolute atomic E-state index is 12.4. The first-order valence-corrected chi connectivity index (χ1v) is 9.19. The van der Waals surface area contributed by atoms with Crippen LogP contribution in [0.1, 0.15) is 18.9 Å². The summed E-state index contributed by atoms with van der Waals surface area (Å²) < 4.78 is 5.25. The second-order valence-electron chi connectivity index (χ2n) is 6.36. The predicted molar refractivity (Wildman–Crippen MR) is 106 cm³/mol. The number of carbonyl (C=O) groups is 2. The van der Waals surface area contributed by atoms with Crippen molar-refractivity contribution in [2.45, 2.75) is 19.9 Å². The van der Waals surface area contributed by atoms with Crippen LogP contribution in [0.4, 0.5) is 5.69 Å². The summed E-state index contributed by atoms with van der Waals surface area (Å²) in [6.45, 7) is 3.77. The molecule has 3 N–H and O–H groups in total. The highest BCUT2D eigenvalue weighted by Crippen LogP contribution is 2.22. The van der Waals surface area contributed by atoms with E-state index in [0.29, 0.717) is 18.0 Å². The minimum atomic E-state index is -0.140. The number of hydrogen-bond donors (Lipinski definition) is 3. The summed E-state index contributed by atoms with van der Waals surface area (Å²) in [6, 6.07) is 17.0. The van der Waals surface area contributed by atoms with E-state index in [1.165, 1.54) is 0 Å². The van der Waals surface area contributed by atoms with E-state index in [2.05, 4.69) is 10.6 Å². The fourth-order valence-corrected chi connectivity index (χ4v) is 2.85. The molecule has 0 radical (unpaired) electrons. The van der Waals surface area contributed by atoms with Gasteiger partial charge in [0.05, 0.1) is 19.3 Å². The molecule has 0 bridgehead atoms. The Balaban J connectivity index is 1.86. The summed E-state index contributed by atoms with van der Waals surface area (Å²) in [4.78, 5) is 25.6. The normalized spacial score (nSPS) is 11.5. The Morgan fingerprint density at radius 1 is 0.963 bits per heavy atom. The van der Waals surface area contributed by atoms with Gasteiger partial charge in [-0.1, -0.05) is 49.4 Å². The summed E-state index contributed by atoms with van der Waals surface area (Å²) in [6.07, 6.45) is 0.892. The number of ether oxygens (including phenoxy) is 1. The molecule has 1 atom stereocenters. The van der Waals surface area contributed by atoms with Crippen LogP contribution in [-0.4, -0.2) is 38.6 Å². The molecule has 2 amide bonds. The van der Waals surface area contributed by atoms with Gasteiger partial charge in [-0.25, -0.2) is 0 Å². The van der Waals surface area contributed by atoms with Gasteiger partial charge in [0.25, 0.3) is 11.8 Å². The van der Waals surface area contributed by atoms with Crippen molar-refractivity contribution in [1.82, 2.24) is 5.32 Å². The van der Waals surface area contributed by atoms with Crippen LogP contribution in [0.5, 0.6) is 5.75 Å². The van der Waals surface area contributed by atoms with Crippen LogP contribution in [0.3, 0.4) is 0 Å². The highest BCUT2D eigenvalue weighted by atomic mass is 16.5. The lowest BCUT2D eigenvalue weighted by Crippen LogP contribution is -3.14. The first kappa shape index (κ1) is 20.5. The van der Waals surface area contributed by atoms with Crippen molar-refractivity contribution in [2.75, 3.05) is 32.1 Å². The SMILES string of the molecule is CCC[NH+](CC(=O)NCc1ccccc1)CC(=O)Nc1ccccc1OC. The molecule has 144 valence electrons. The third kappa shape index (κ3) is 7.11. The van der Waals surface area contributed by atoms with Crippen LogP contribution < -0.4 is 20.3 Å². The Hall–Kier alpha value is -2.86. The molecule has 2 aromatic rings. The Kier molecular flexibility index (Phi) is 8.32. The smallest absolute Gasteiger partial charge is 0.279 e. The number of benzene rings is 2. The number of hydrogen-bond acceptors (Lipinski definition) is 3. The third-order valence-corrected chi connectivity index (χ3v) is 4.14. The average molecular weight is 370 g/mol. The van der Waals surface area contributed by atoms with Gasteiger partial charge in [-0.2, -0.15) is 0 Å².